The van der Waals surface area contributed by atoms with Crippen molar-refractivity contribution in [1.82, 2.24) is 15.0 Å². The summed E-state index contributed by atoms with van der Waals surface area (Å²) in [5, 5.41) is 8.13. The number of aromatic nitrogens is 3. The van der Waals surface area contributed by atoms with Gasteiger partial charge in [-0.2, -0.15) is 0 Å². The van der Waals surface area contributed by atoms with Crippen molar-refractivity contribution < 1.29 is 0 Å². The van der Waals surface area contributed by atoms with Gasteiger partial charge in [0, 0.05) is 6.20 Å². The van der Waals surface area contributed by atoms with Gasteiger partial charge in [-0.3, -0.25) is 0 Å². The largest absolute Gasteiger partial charge is 0.248 e. The average Bonchev–Trinajstić information content (AvgIpc) is 2.69. The summed E-state index contributed by atoms with van der Waals surface area (Å²) >= 11 is 0. The van der Waals surface area contributed by atoms with Crippen LogP contribution in [0.3, 0.4) is 0 Å². The second-order valence-electron chi connectivity index (χ2n) is 3.75. The molecule has 1 aromatic carbocycles. The van der Waals surface area contributed by atoms with E-state index in [0.717, 1.165) is 18.7 Å². The maximum atomic E-state index is 4.07. The van der Waals surface area contributed by atoms with Crippen LogP contribution in [0.5, 0.6) is 0 Å². The summed E-state index contributed by atoms with van der Waals surface area (Å²) in [4.78, 5) is 0. The molecular formula is C12H15N3. The monoisotopic (exact) mass is 201 g/mol. The molecule has 2 rings (SSSR count). The minimum atomic E-state index is 0.799. The summed E-state index contributed by atoms with van der Waals surface area (Å²) in [5.74, 6) is 0. The van der Waals surface area contributed by atoms with Gasteiger partial charge in [-0.15, -0.1) is 5.10 Å². The minimum Gasteiger partial charge on any atom is -0.248 e. The van der Waals surface area contributed by atoms with E-state index >= 15 is 0 Å². The zero-order chi connectivity index (χ0) is 10.7. The topological polar surface area (TPSA) is 30.7 Å². The number of rotatable bonds is 3. The molecule has 0 aliphatic rings. The summed E-state index contributed by atoms with van der Waals surface area (Å²) < 4.78 is 1.88. The van der Waals surface area contributed by atoms with Gasteiger partial charge < -0.3 is 0 Å². The van der Waals surface area contributed by atoms with Gasteiger partial charge in [-0.05, 0) is 18.9 Å². The molecule has 1 aromatic heterocycles. The van der Waals surface area contributed by atoms with Gasteiger partial charge >= 0.3 is 0 Å². The van der Waals surface area contributed by atoms with Crippen LogP contribution >= 0.6 is 0 Å². The van der Waals surface area contributed by atoms with Crippen molar-refractivity contribution >= 4 is 0 Å². The Hall–Kier alpha value is -1.64. The third-order valence-electron chi connectivity index (χ3n) is 2.41. The molecule has 0 unspecified atom stereocenters. The molecule has 15 heavy (non-hydrogen) atoms. The molecule has 0 amide bonds. The van der Waals surface area contributed by atoms with E-state index in [9.17, 15) is 0 Å². The Kier molecular flexibility index (Phi) is 2.81. The van der Waals surface area contributed by atoms with Crippen molar-refractivity contribution in [3.8, 4) is 0 Å². The summed E-state index contributed by atoms with van der Waals surface area (Å²) in [6, 6.07) is 8.49. The van der Waals surface area contributed by atoms with Crippen LogP contribution in [0.15, 0.2) is 30.5 Å². The molecule has 0 N–H and O–H groups in total. The highest BCUT2D eigenvalue weighted by Gasteiger charge is 1.99. The second-order valence-corrected chi connectivity index (χ2v) is 3.75. The highest BCUT2D eigenvalue weighted by molar-refractivity contribution is 5.21. The van der Waals surface area contributed by atoms with Crippen LogP contribution in [0.4, 0.5) is 0 Å². The van der Waals surface area contributed by atoms with Crippen molar-refractivity contribution in [2.45, 2.75) is 26.8 Å². The summed E-state index contributed by atoms with van der Waals surface area (Å²) in [5.41, 5.74) is 3.59. The fourth-order valence-electron chi connectivity index (χ4n) is 1.46. The van der Waals surface area contributed by atoms with E-state index in [0.29, 0.717) is 0 Å². The van der Waals surface area contributed by atoms with Crippen LogP contribution in [0.2, 0.25) is 0 Å². The Morgan fingerprint density at radius 1 is 1.20 bits per heavy atom. The zero-order valence-corrected chi connectivity index (χ0v) is 9.14. The van der Waals surface area contributed by atoms with Gasteiger partial charge in [0.25, 0.3) is 0 Å². The Balaban J connectivity index is 2.11. The lowest BCUT2D eigenvalue weighted by molar-refractivity contribution is 0.649. The number of aryl methyl sites for hydroxylation is 2. The van der Waals surface area contributed by atoms with Crippen molar-refractivity contribution in [3.05, 3.63) is 47.3 Å². The maximum Gasteiger partial charge on any atom is 0.0824 e. The Labute approximate surface area is 89.7 Å². The normalized spacial score (nSPS) is 10.5. The smallest absolute Gasteiger partial charge is 0.0824 e. The van der Waals surface area contributed by atoms with Crippen LogP contribution in [0.1, 0.15) is 23.7 Å². The number of hydrogen-bond donors (Lipinski definition) is 0. The predicted octanol–water partition coefficient (Wildman–Crippen LogP) is 2.20. The van der Waals surface area contributed by atoms with E-state index in [-0.39, 0.29) is 0 Å². The molecule has 0 bridgehead atoms. The Bertz CT molecular complexity index is 428. The standard InChI is InChI=1S/C12H15N3/c1-3-12-9-15(14-13-12)8-11-6-4-10(2)5-7-11/h4-7,9H,3,8H2,1-2H3. The van der Waals surface area contributed by atoms with E-state index in [4.69, 9.17) is 0 Å². The first-order valence-corrected chi connectivity index (χ1v) is 5.22. The van der Waals surface area contributed by atoms with E-state index in [1.54, 1.807) is 0 Å². The quantitative estimate of drug-likeness (QED) is 0.762. The maximum absolute atomic E-state index is 4.07. The zero-order valence-electron chi connectivity index (χ0n) is 9.14. The van der Waals surface area contributed by atoms with Crippen LogP contribution in [-0.2, 0) is 13.0 Å². The number of hydrogen-bond acceptors (Lipinski definition) is 2. The lowest BCUT2D eigenvalue weighted by atomic mass is 10.1. The third kappa shape index (κ3) is 2.43. The molecular weight excluding hydrogens is 186 g/mol. The molecule has 0 fully saturated rings. The Morgan fingerprint density at radius 2 is 1.93 bits per heavy atom. The molecule has 78 valence electrons. The molecule has 3 nitrogen and oxygen atoms in total. The Morgan fingerprint density at radius 3 is 2.53 bits per heavy atom. The van der Waals surface area contributed by atoms with Gasteiger partial charge in [-0.25, -0.2) is 4.68 Å². The summed E-state index contributed by atoms with van der Waals surface area (Å²) in [6.07, 6.45) is 2.94. The van der Waals surface area contributed by atoms with Gasteiger partial charge in [-0.1, -0.05) is 42.0 Å². The van der Waals surface area contributed by atoms with E-state index in [1.807, 2.05) is 10.9 Å². The van der Waals surface area contributed by atoms with E-state index < -0.39 is 0 Å². The molecule has 0 saturated heterocycles. The minimum absolute atomic E-state index is 0.799. The summed E-state index contributed by atoms with van der Waals surface area (Å²) in [7, 11) is 0. The van der Waals surface area contributed by atoms with Gasteiger partial charge in [0.15, 0.2) is 0 Å². The lowest BCUT2D eigenvalue weighted by Gasteiger charge is -2.00. The molecule has 1 heterocycles. The fraction of sp³-hybridized carbons (Fsp3) is 0.333. The summed E-state index contributed by atoms with van der Waals surface area (Å²) in [6.45, 7) is 4.97. The SMILES string of the molecule is CCc1cn(Cc2ccc(C)cc2)nn1. The van der Waals surface area contributed by atoms with Crippen LogP contribution in [0.25, 0.3) is 0 Å². The average molecular weight is 201 g/mol. The predicted molar refractivity (Wildman–Crippen MR) is 59.7 cm³/mol. The van der Waals surface area contributed by atoms with Crippen LogP contribution < -0.4 is 0 Å². The van der Waals surface area contributed by atoms with E-state index in [1.165, 1.54) is 11.1 Å². The van der Waals surface area contributed by atoms with Crippen molar-refractivity contribution in [1.29, 1.82) is 0 Å². The fourth-order valence-corrected chi connectivity index (χ4v) is 1.46. The number of benzene rings is 1. The van der Waals surface area contributed by atoms with Crippen molar-refractivity contribution in [2.24, 2.45) is 0 Å². The number of nitrogens with zero attached hydrogens (tertiary/aromatic N) is 3. The van der Waals surface area contributed by atoms with Crippen molar-refractivity contribution in [2.75, 3.05) is 0 Å². The second kappa shape index (κ2) is 4.26. The van der Waals surface area contributed by atoms with Gasteiger partial charge in [0.1, 0.15) is 0 Å². The molecule has 0 spiro atoms. The molecule has 3 heteroatoms. The highest BCUT2D eigenvalue weighted by Crippen LogP contribution is 2.05. The van der Waals surface area contributed by atoms with E-state index in [2.05, 4.69) is 48.4 Å². The first-order valence-electron chi connectivity index (χ1n) is 5.22. The molecule has 0 radical (unpaired) electrons. The first kappa shape index (κ1) is 9.90. The van der Waals surface area contributed by atoms with Crippen molar-refractivity contribution in [3.63, 3.8) is 0 Å². The van der Waals surface area contributed by atoms with Gasteiger partial charge in [0.05, 0.1) is 12.2 Å². The first-order chi connectivity index (χ1) is 7.28. The molecule has 0 aliphatic carbocycles. The molecule has 2 aromatic rings. The third-order valence-corrected chi connectivity index (χ3v) is 2.41. The molecule has 0 atom stereocenters. The molecule has 0 saturated carbocycles. The lowest BCUT2D eigenvalue weighted by Crippen LogP contribution is -2.00. The molecule has 0 aliphatic heterocycles. The van der Waals surface area contributed by atoms with Crippen LogP contribution in [0, 0.1) is 6.92 Å². The van der Waals surface area contributed by atoms with Crippen LogP contribution in [-0.4, -0.2) is 15.0 Å². The highest BCUT2D eigenvalue weighted by atomic mass is 15.4. The van der Waals surface area contributed by atoms with Gasteiger partial charge in [0.2, 0.25) is 0 Å².